The first kappa shape index (κ1) is 15.9. The average molecular weight is 310 g/mol. The van der Waals surface area contributed by atoms with E-state index >= 15 is 0 Å². The second kappa shape index (κ2) is 7.09. The molecule has 1 aliphatic rings. The molecule has 2 aromatic rings. The quantitative estimate of drug-likeness (QED) is 0.868. The number of benzene rings is 1. The van der Waals surface area contributed by atoms with Crippen LogP contribution in [0.1, 0.15) is 26.3 Å². The van der Waals surface area contributed by atoms with Gasteiger partial charge >= 0.3 is 0 Å². The highest BCUT2D eigenvalue weighted by Gasteiger charge is 2.19. The molecule has 0 N–H and O–H groups in total. The predicted octanol–water partition coefficient (Wildman–Crippen LogP) is 3.24. The van der Waals surface area contributed by atoms with Crippen molar-refractivity contribution in [2.24, 2.45) is 0 Å². The SMILES string of the molecule is CCc1ccc(-c2cnc(N3CCN(C(C)C)CC3)cn2)cc1. The van der Waals surface area contributed by atoms with Crippen molar-refractivity contribution in [3.8, 4) is 11.3 Å². The van der Waals surface area contributed by atoms with Gasteiger partial charge in [-0.25, -0.2) is 4.98 Å². The molecule has 1 fully saturated rings. The number of aryl methyl sites for hydroxylation is 1. The maximum Gasteiger partial charge on any atom is 0.147 e. The van der Waals surface area contributed by atoms with Crippen molar-refractivity contribution in [3.63, 3.8) is 0 Å². The fourth-order valence-electron chi connectivity index (χ4n) is 3.01. The Morgan fingerprint density at radius 1 is 0.957 bits per heavy atom. The van der Waals surface area contributed by atoms with Crippen LogP contribution in [0.15, 0.2) is 36.7 Å². The van der Waals surface area contributed by atoms with Crippen molar-refractivity contribution in [2.75, 3.05) is 31.1 Å². The van der Waals surface area contributed by atoms with E-state index in [1.165, 1.54) is 5.56 Å². The molecule has 23 heavy (non-hydrogen) atoms. The zero-order valence-electron chi connectivity index (χ0n) is 14.4. The van der Waals surface area contributed by atoms with Gasteiger partial charge in [0, 0.05) is 37.8 Å². The van der Waals surface area contributed by atoms with E-state index in [4.69, 9.17) is 0 Å². The second-order valence-electron chi connectivity index (χ2n) is 6.43. The number of nitrogens with zero attached hydrogens (tertiary/aromatic N) is 4. The Balaban J connectivity index is 1.67. The van der Waals surface area contributed by atoms with Gasteiger partial charge in [0.25, 0.3) is 0 Å². The second-order valence-corrected chi connectivity index (χ2v) is 6.43. The summed E-state index contributed by atoms with van der Waals surface area (Å²) in [7, 11) is 0. The molecule has 3 rings (SSSR count). The van der Waals surface area contributed by atoms with E-state index < -0.39 is 0 Å². The first-order valence-electron chi connectivity index (χ1n) is 8.57. The van der Waals surface area contributed by atoms with E-state index in [1.54, 1.807) is 0 Å². The minimum atomic E-state index is 0.622. The lowest BCUT2D eigenvalue weighted by atomic mass is 10.1. The molecule has 1 saturated heterocycles. The van der Waals surface area contributed by atoms with Crippen molar-refractivity contribution in [2.45, 2.75) is 33.2 Å². The van der Waals surface area contributed by atoms with Crippen LogP contribution in [0.25, 0.3) is 11.3 Å². The van der Waals surface area contributed by atoms with Gasteiger partial charge in [0.05, 0.1) is 18.1 Å². The first-order chi connectivity index (χ1) is 11.2. The van der Waals surface area contributed by atoms with Gasteiger partial charge in [0.2, 0.25) is 0 Å². The molecular weight excluding hydrogens is 284 g/mol. The molecule has 0 atom stereocenters. The van der Waals surface area contributed by atoms with Gasteiger partial charge < -0.3 is 4.90 Å². The molecule has 4 nitrogen and oxygen atoms in total. The molecule has 2 heterocycles. The van der Waals surface area contributed by atoms with Crippen LogP contribution in [0.3, 0.4) is 0 Å². The van der Waals surface area contributed by atoms with Crippen LogP contribution in [0.5, 0.6) is 0 Å². The number of hydrogen-bond acceptors (Lipinski definition) is 4. The molecule has 4 heteroatoms. The molecular formula is C19H26N4. The van der Waals surface area contributed by atoms with Crippen LogP contribution in [0.4, 0.5) is 5.82 Å². The van der Waals surface area contributed by atoms with Crippen LogP contribution in [-0.2, 0) is 6.42 Å². The first-order valence-corrected chi connectivity index (χ1v) is 8.57. The maximum absolute atomic E-state index is 4.64. The smallest absolute Gasteiger partial charge is 0.147 e. The molecule has 0 unspecified atom stereocenters. The summed E-state index contributed by atoms with van der Waals surface area (Å²) < 4.78 is 0. The maximum atomic E-state index is 4.64. The number of anilines is 1. The van der Waals surface area contributed by atoms with E-state index in [-0.39, 0.29) is 0 Å². The number of hydrogen-bond donors (Lipinski definition) is 0. The molecule has 0 aliphatic carbocycles. The third-order valence-electron chi connectivity index (χ3n) is 4.66. The molecule has 0 saturated carbocycles. The molecule has 0 bridgehead atoms. The van der Waals surface area contributed by atoms with Gasteiger partial charge in [-0.1, -0.05) is 31.2 Å². The molecule has 122 valence electrons. The highest BCUT2D eigenvalue weighted by molar-refractivity contribution is 5.59. The number of aromatic nitrogens is 2. The van der Waals surface area contributed by atoms with Crippen molar-refractivity contribution >= 4 is 5.82 Å². The molecule has 1 aliphatic heterocycles. The molecule has 1 aromatic heterocycles. The lowest BCUT2D eigenvalue weighted by Crippen LogP contribution is -2.49. The fraction of sp³-hybridized carbons (Fsp3) is 0.474. The Morgan fingerprint density at radius 2 is 1.65 bits per heavy atom. The summed E-state index contributed by atoms with van der Waals surface area (Å²) in [4.78, 5) is 14.1. The van der Waals surface area contributed by atoms with Crippen molar-refractivity contribution in [1.29, 1.82) is 0 Å². The molecule has 1 aromatic carbocycles. The summed E-state index contributed by atoms with van der Waals surface area (Å²) in [5, 5.41) is 0. The summed E-state index contributed by atoms with van der Waals surface area (Å²) >= 11 is 0. The zero-order valence-corrected chi connectivity index (χ0v) is 14.4. The van der Waals surface area contributed by atoms with Crippen LogP contribution in [0, 0.1) is 0 Å². The standard InChI is InChI=1S/C19H26N4/c1-4-16-5-7-17(8-6-16)18-13-21-19(14-20-18)23-11-9-22(10-12-23)15(2)3/h5-8,13-15H,4,9-12H2,1-3H3. The van der Waals surface area contributed by atoms with Crippen LogP contribution >= 0.6 is 0 Å². The van der Waals surface area contributed by atoms with E-state index in [0.717, 1.165) is 49.7 Å². The van der Waals surface area contributed by atoms with Gasteiger partial charge in [0.1, 0.15) is 5.82 Å². The molecule has 0 radical (unpaired) electrons. The van der Waals surface area contributed by atoms with Crippen LogP contribution in [-0.4, -0.2) is 47.1 Å². The number of rotatable bonds is 4. The third kappa shape index (κ3) is 3.70. The van der Waals surface area contributed by atoms with Crippen LogP contribution < -0.4 is 4.90 Å². The highest BCUT2D eigenvalue weighted by atomic mass is 15.3. The average Bonchev–Trinajstić information content (AvgIpc) is 2.62. The Hall–Kier alpha value is -1.94. The summed E-state index contributed by atoms with van der Waals surface area (Å²) in [6, 6.07) is 9.21. The van der Waals surface area contributed by atoms with Gasteiger partial charge in [0.15, 0.2) is 0 Å². The van der Waals surface area contributed by atoms with Gasteiger partial charge in [-0.15, -0.1) is 0 Å². The Labute approximate surface area is 139 Å². The largest absolute Gasteiger partial charge is 0.353 e. The van der Waals surface area contributed by atoms with Gasteiger partial charge in [-0.05, 0) is 25.8 Å². The minimum absolute atomic E-state index is 0.622. The topological polar surface area (TPSA) is 32.3 Å². The predicted molar refractivity (Wildman–Crippen MR) is 95.8 cm³/mol. The Kier molecular flexibility index (Phi) is 4.91. The normalized spacial score (nSPS) is 16.1. The van der Waals surface area contributed by atoms with E-state index in [1.807, 2.05) is 12.4 Å². The summed E-state index contributed by atoms with van der Waals surface area (Å²) in [5.41, 5.74) is 3.42. The van der Waals surface area contributed by atoms with Crippen molar-refractivity contribution in [1.82, 2.24) is 14.9 Å². The molecule has 0 amide bonds. The van der Waals surface area contributed by atoms with Crippen molar-refractivity contribution < 1.29 is 0 Å². The zero-order chi connectivity index (χ0) is 16.2. The number of piperazine rings is 1. The Morgan fingerprint density at radius 3 is 2.17 bits per heavy atom. The summed E-state index contributed by atoms with van der Waals surface area (Å²) in [5.74, 6) is 0.988. The van der Waals surface area contributed by atoms with Gasteiger partial charge in [-0.2, -0.15) is 0 Å². The van der Waals surface area contributed by atoms with E-state index in [2.05, 4.69) is 64.8 Å². The van der Waals surface area contributed by atoms with Crippen molar-refractivity contribution in [3.05, 3.63) is 42.2 Å². The monoisotopic (exact) mass is 310 g/mol. The fourth-order valence-corrected chi connectivity index (χ4v) is 3.01. The highest BCUT2D eigenvalue weighted by Crippen LogP contribution is 2.20. The summed E-state index contributed by atoms with van der Waals surface area (Å²) in [6.45, 7) is 10.9. The summed E-state index contributed by atoms with van der Waals surface area (Å²) in [6.07, 6.45) is 4.87. The Bertz CT molecular complexity index is 611. The minimum Gasteiger partial charge on any atom is -0.353 e. The van der Waals surface area contributed by atoms with Gasteiger partial charge in [-0.3, -0.25) is 9.88 Å². The molecule has 0 spiro atoms. The lowest BCUT2D eigenvalue weighted by Gasteiger charge is -2.37. The van der Waals surface area contributed by atoms with E-state index in [9.17, 15) is 0 Å². The van der Waals surface area contributed by atoms with Crippen LogP contribution in [0.2, 0.25) is 0 Å². The van der Waals surface area contributed by atoms with E-state index in [0.29, 0.717) is 6.04 Å². The third-order valence-corrected chi connectivity index (χ3v) is 4.66. The lowest BCUT2D eigenvalue weighted by molar-refractivity contribution is 0.209.